The van der Waals surface area contributed by atoms with Crippen LogP contribution in [0.1, 0.15) is 17.4 Å². The van der Waals surface area contributed by atoms with Gasteiger partial charge in [-0.15, -0.1) is 0 Å². The Balaban J connectivity index is 1.93. The lowest BCUT2D eigenvalue weighted by molar-refractivity contribution is -0.385. The van der Waals surface area contributed by atoms with E-state index < -0.39 is 22.4 Å². The smallest absolute Gasteiger partial charge is 0.311 e. The molecular formula is C15H13N5O3. The fourth-order valence-corrected chi connectivity index (χ4v) is 2.17. The first kappa shape index (κ1) is 14.7. The van der Waals surface area contributed by atoms with Crippen molar-refractivity contribution in [1.82, 2.24) is 15.2 Å². The van der Waals surface area contributed by atoms with Crippen LogP contribution in [0.4, 0.5) is 5.69 Å². The minimum atomic E-state index is -0.665. The van der Waals surface area contributed by atoms with Crippen LogP contribution in [0.15, 0.2) is 48.5 Å². The highest BCUT2D eigenvalue weighted by Gasteiger charge is 2.18. The van der Waals surface area contributed by atoms with Crippen molar-refractivity contribution in [1.29, 1.82) is 0 Å². The maximum atomic E-state index is 10.9. The zero-order valence-corrected chi connectivity index (χ0v) is 11.9. The summed E-state index contributed by atoms with van der Waals surface area (Å²) in [6.07, 6.45) is 0. The van der Waals surface area contributed by atoms with E-state index in [2.05, 4.69) is 15.2 Å². The fraction of sp³-hybridized carbons (Fsp3) is 0.0667. The summed E-state index contributed by atoms with van der Waals surface area (Å²) in [7, 11) is 0. The molecule has 23 heavy (non-hydrogen) atoms. The molecule has 0 saturated carbocycles. The number of aromatic amines is 1. The molecule has 2 aromatic carbocycles. The Hall–Kier alpha value is -3.26. The number of phenols is 1. The summed E-state index contributed by atoms with van der Waals surface area (Å²) >= 11 is 0. The second-order valence-electron chi connectivity index (χ2n) is 4.89. The number of aromatic nitrogens is 3. The van der Waals surface area contributed by atoms with Gasteiger partial charge in [0.1, 0.15) is 5.82 Å². The molecule has 0 unspecified atom stereocenters. The van der Waals surface area contributed by atoms with Gasteiger partial charge in [-0.25, -0.2) is 4.98 Å². The first-order valence-electron chi connectivity index (χ1n) is 6.77. The second-order valence-corrected chi connectivity index (χ2v) is 4.89. The molecule has 0 saturated heterocycles. The summed E-state index contributed by atoms with van der Waals surface area (Å²) in [5.41, 5.74) is 7.01. The molecule has 4 N–H and O–H groups in total. The minimum absolute atomic E-state index is 0.273. The summed E-state index contributed by atoms with van der Waals surface area (Å²) in [4.78, 5) is 14.5. The summed E-state index contributed by atoms with van der Waals surface area (Å²) in [5.74, 6) is 0.312. The monoisotopic (exact) mass is 311 g/mol. The van der Waals surface area contributed by atoms with E-state index in [1.165, 1.54) is 18.2 Å². The Morgan fingerprint density at radius 2 is 1.96 bits per heavy atom. The molecule has 0 aliphatic carbocycles. The molecule has 0 aliphatic rings. The Bertz CT molecular complexity index is 847. The normalized spacial score (nSPS) is 12.0. The van der Waals surface area contributed by atoms with Gasteiger partial charge in [0, 0.05) is 11.6 Å². The van der Waals surface area contributed by atoms with Crippen molar-refractivity contribution >= 4 is 5.69 Å². The van der Waals surface area contributed by atoms with Crippen LogP contribution in [0.2, 0.25) is 0 Å². The summed E-state index contributed by atoms with van der Waals surface area (Å²) < 4.78 is 0. The largest absolute Gasteiger partial charge is 0.502 e. The van der Waals surface area contributed by atoms with E-state index in [9.17, 15) is 15.2 Å². The average molecular weight is 311 g/mol. The van der Waals surface area contributed by atoms with E-state index in [-0.39, 0.29) is 5.82 Å². The molecule has 0 fully saturated rings. The van der Waals surface area contributed by atoms with Crippen LogP contribution in [-0.2, 0) is 0 Å². The Kier molecular flexibility index (Phi) is 3.73. The van der Waals surface area contributed by atoms with Crippen molar-refractivity contribution < 1.29 is 10.0 Å². The van der Waals surface area contributed by atoms with Crippen molar-refractivity contribution in [2.45, 2.75) is 6.04 Å². The standard InChI is InChI=1S/C15H13N5O3/c16-13(9-4-2-1-3-5-9)15-17-14(18-19-15)10-6-7-12(21)11(8-10)20(22)23/h1-8,13,21H,16H2,(H,17,18,19)/t13-/m0/s1. The van der Waals surface area contributed by atoms with Crippen LogP contribution in [0.3, 0.4) is 0 Å². The molecule has 0 radical (unpaired) electrons. The topological polar surface area (TPSA) is 131 Å². The summed E-state index contributed by atoms with van der Waals surface area (Å²) in [6, 6.07) is 12.9. The van der Waals surface area contributed by atoms with Gasteiger partial charge in [-0.1, -0.05) is 30.3 Å². The molecule has 0 aliphatic heterocycles. The molecule has 1 aromatic heterocycles. The average Bonchev–Trinajstić information content (AvgIpc) is 3.05. The first-order valence-corrected chi connectivity index (χ1v) is 6.77. The molecule has 1 heterocycles. The third-order valence-corrected chi connectivity index (χ3v) is 3.39. The number of aromatic hydroxyl groups is 1. The molecule has 0 amide bonds. The second kappa shape index (κ2) is 5.85. The van der Waals surface area contributed by atoms with Gasteiger partial charge in [0.05, 0.1) is 11.0 Å². The van der Waals surface area contributed by atoms with Gasteiger partial charge in [-0.2, -0.15) is 5.10 Å². The number of nitrogens with one attached hydrogen (secondary N) is 1. The van der Waals surface area contributed by atoms with Crippen molar-refractivity contribution in [3.8, 4) is 17.1 Å². The molecular weight excluding hydrogens is 298 g/mol. The van der Waals surface area contributed by atoms with Crippen molar-refractivity contribution in [3.05, 3.63) is 70.0 Å². The Labute approximate surface area is 130 Å². The van der Waals surface area contributed by atoms with E-state index in [1.807, 2.05) is 30.3 Å². The highest BCUT2D eigenvalue weighted by molar-refractivity contribution is 5.63. The molecule has 1 atom stereocenters. The summed E-state index contributed by atoms with van der Waals surface area (Å²) in [6.45, 7) is 0. The predicted octanol–water partition coefficient (Wildman–Crippen LogP) is 2.13. The molecule has 3 aromatic rings. The number of nitrogens with two attached hydrogens (primary N) is 1. The molecule has 0 bridgehead atoms. The lowest BCUT2D eigenvalue weighted by atomic mass is 10.1. The van der Waals surface area contributed by atoms with Crippen LogP contribution < -0.4 is 5.73 Å². The van der Waals surface area contributed by atoms with Crippen molar-refractivity contribution in [2.75, 3.05) is 0 Å². The van der Waals surface area contributed by atoms with E-state index in [0.717, 1.165) is 5.56 Å². The number of nitrogens with zero attached hydrogens (tertiary/aromatic N) is 3. The molecule has 8 nitrogen and oxygen atoms in total. The maximum Gasteiger partial charge on any atom is 0.311 e. The van der Waals surface area contributed by atoms with E-state index in [1.54, 1.807) is 0 Å². The molecule has 3 rings (SSSR count). The predicted molar refractivity (Wildman–Crippen MR) is 82.6 cm³/mol. The van der Waals surface area contributed by atoms with E-state index in [0.29, 0.717) is 11.4 Å². The van der Waals surface area contributed by atoms with Gasteiger partial charge in [0.25, 0.3) is 0 Å². The van der Waals surface area contributed by atoms with Crippen LogP contribution in [-0.4, -0.2) is 25.2 Å². The Morgan fingerprint density at radius 3 is 2.65 bits per heavy atom. The fourth-order valence-electron chi connectivity index (χ4n) is 2.17. The van der Waals surface area contributed by atoms with Gasteiger partial charge < -0.3 is 10.8 Å². The minimum Gasteiger partial charge on any atom is -0.502 e. The van der Waals surface area contributed by atoms with E-state index in [4.69, 9.17) is 5.73 Å². The van der Waals surface area contributed by atoms with Crippen LogP contribution in [0, 0.1) is 10.1 Å². The zero-order chi connectivity index (χ0) is 16.4. The number of nitro groups is 1. The van der Waals surface area contributed by atoms with Gasteiger partial charge >= 0.3 is 5.69 Å². The number of hydrogen-bond acceptors (Lipinski definition) is 6. The number of rotatable bonds is 4. The first-order chi connectivity index (χ1) is 11.1. The van der Waals surface area contributed by atoms with Crippen molar-refractivity contribution in [3.63, 3.8) is 0 Å². The third kappa shape index (κ3) is 2.87. The van der Waals surface area contributed by atoms with Gasteiger partial charge in [-0.05, 0) is 17.7 Å². The van der Waals surface area contributed by atoms with E-state index >= 15 is 0 Å². The van der Waals surface area contributed by atoms with Gasteiger partial charge in [0.2, 0.25) is 0 Å². The Morgan fingerprint density at radius 1 is 1.22 bits per heavy atom. The number of H-pyrrole nitrogens is 1. The van der Waals surface area contributed by atoms with Gasteiger partial charge in [-0.3, -0.25) is 15.2 Å². The van der Waals surface area contributed by atoms with Crippen LogP contribution in [0.5, 0.6) is 5.75 Å². The van der Waals surface area contributed by atoms with Crippen LogP contribution >= 0.6 is 0 Å². The number of phenolic OH excluding ortho intramolecular Hbond substituents is 1. The van der Waals surface area contributed by atoms with Crippen molar-refractivity contribution in [2.24, 2.45) is 5.73 Å². The maximum absolute atomic E-state index is 10.9. The highest BCUT2D eigenvalue weighted by atomic mass is 16.6. The molecule has 116 valence electrons. The SMILES string of the molecule is N[C@@H](c1ccccc1)c1nc(-c2ccc(O)c([N+](=O)[O-])c2)n[nH]1. The molecule has 8 heteroatoms. The molecule has 0 spiro atoms. The lowest BCUT2D eigenvalue weighted by Gasteiger charge is -2.07. The lowest BCUT2D eigenvalue weighted by Crippen LogP contribution is -2.13. The summed E-state index contributed by atoms with van der Waals surface area (Å²) in [5, 5.41) is 27.2. The quantitative estimate of drug-likeness (QED) is 0.499. The number of benzene rings is 2. The number of hydrogen-bond donors (Lipinski definition) is 3. The zero-order valence-electron chi connectivity index (χ0n) is 11.9. The van der Waals surface area contributed by atoms with Crippen LogP contribution in [0.25, 0.3) is 11.4 Å². The highest BCUT2D eigenvalue weighted by Crippen LogP contribution is 2.30. The third-order valence-electron chi connectivity index (χ3n) is 3.39. The van der Waals surface area contributed by atoms with Gasteiger partial charge in [0.15, 0.2) is 11.6 Å². The number of nitro benzene ring substituents is 1.